The number of halogens is 1. The molecule has 1 aromatic carbocycles. The van der Waals surface area contributed by atoms with Gasteiger partial charge in [0.2, 0.25) is 11.7 Å². The summed E-state index contributed by atoms with van der Waals surface area (Å²) in [7, 11) is 0. The monoisotopic (exact) mass is 422 g/mol. The number of rotatable bonds is 8. The van der Waals surface area contributed by atoms with Gasteiger partial charge >= 0.3 is 0 Å². The maximum atomic E-state index is 14.3. The number of pyridine rings is 1. The number of hydrogen-bond acceptors (Lipinski definition) is 7. The lowest BCUT2D eigenvalue weighted by Gasteiger charge is -2.09. The second-order valence-electron chi connectivity index (χ2n) is 7.09. The second-order valence-corrected chi connectivity index (χ2v) is 8.15. The molecule has 0 saturated heterocycles. The Morgan fingerprint density at radius 3 is 2.73 bits per heavy atom. The van der Waals surface area contributed by atoms with Crippen LogP contribution >= 0.6 is 11.8 Å². The summed E-state index contributed by atoms with van der Waals surface area (Å²) in [6, 6.07) is 10.8. The number of aromatic nitrogens is 6. The Balaban J connectivity index is 1.23. The van der Waals surface area contributed by atoms with Gasteiger partial charge in [-0.25, -0.2) is 4.39 Å². The van der Waals surface area contributed by atoms with E-state index in [0.717, 1.165) is 35.7 Å². The molecule has 0 amide bonds. The van der Waals surface area contributed by atoms with Crippen LogP contribution < -0.4 is 0 Å². The highest BCUT2D eigenvalue weighted by atomic mass is 32.2. The second kappa shape index (κ2) is 8.35. The van der Waals surface area contributed by atoms with E-state index in [4.69, 9.17) is 4.52 Å². The summed E-state index contributed by atoms with van der Waals surface area (Å²) in [5.74, 6) is 2.35. The van der Waals surface area contributed by atoms with Crippen LogP contribution in [0.5, 0.6) is 0 Å². The largest absolute Gasteiger partial charge is 0.339 e. The van der Waals surface area contributed by atoms with Gasteiger partial charge in [-0.3, -0.25) is 9.55 Å². The highest BCUT2D eigenvalue weighted by Crippen LogP contribution is 2.41. The minimum Gasteiger partial charge on any atom is -0.339 e. The van der Waals surface area contributed by atoms with Gasteiger partial charge in [-0.05, 0) is 43.5 Å². The topological polar surface area (TPSA) is 82.5 Å². The summed E-state index contributed by atoms with van der Waals surface area (Å²) in [5.41, 5.74) is 1.38. The Labute approximate surface area is 176 Å². The third-order valence-electron chi connectivity index (χ3n) is 4.86. The average Bonchev–Trinajstić information content (AvgIpc) is 3.35. The van der Waals surface area contributed by atoms with Crippen LogP contribution in [0.4, 0.5) is 4.39 Å². The van der Waals surface area contributed by atoms with Crippen LogP contribution in [0.2, 0.25) is 0 Å². The highest BCUT2D eigenvalue weighted by Gasteiger charge is 2.30. The van der Waals surface area contributed by atoms with Gasteiger partial charge in [-0.15, -0.1) is 10.2 Å². The molecule has 3 aromatic heterocycles. The molecule has 1 aliphatic rings. The number of benzene rings is 1. The quantitative estimate of drug-likeness (QED) is 0.303. The molecule has 1 aliphatic carbocycles. The van der Waals surface area contributed by atoms with Gasteiger partial charge in [-0.1, -0.05) is 29.1 Å². The van der Waals surface area contributed by atoms with Gasteiger partial charge in [0.1, 0.15) is 5.82 Å². The molecule has 0 atom stereocenters. The van der Waals surface area contributed by atoms with Gasteiger partial charge in [0, 0.05) is 36.2 Å². The summed E-state index contributed by atoms with van der Waals surface area (Å²) in [6.07, 6.45) is 7.10. The van der Waals surface area contributed by atoms with Crippen molar-refractivity contribution in [1.29, 1.82) is 0 Å². The Bertz CT molecular complexity index is 1140. The number of nitrogens with zero attached hydrogens (tertiary/aromatic N) is 6. The molecule has 0 N–H and O–H groups in total. The summed E-state index contributed by atoms with van der Waals surface area (Å²) in [6.45, 7) is 0. The summed E-state index contributed by atoms with van der Waals surface area (Å²) in [4.78, 5) is 8.44. The van der Waals surface area contributed by atoms with E-state index in [1.165, 1.54) is 6.07 Å². The van der Waals surface area contributed by atoms with Crippen LogP contribution in [0, 0.1) is 5.82 Å². The van der Waals surface area contributed by atoms with Crippen molar-refractivity contribution in [2.45, 2.75) is 36.9 Å². The van der Waals surface area contributed by atoms with Gasteiger partial charge in [0.15, 0.2) is 11.0 Å². The molecule has 3 heterocycles. The molecular formula is C21H19FN6OS. The van der Waals surface area contributed by atoms with Gasteiger partial charge < -0.3 is 4.52 Å². The molecule has 0 bridgehead atoms. The van der Waals surface area contributed by atoms with Crippen molar-refractivity contribution in [1.82, 2.24) is 29.9 Å². The van der Waals surface area contributed by atoms with Gasteiger partial charge in [0.05, 0.1) is 5.56 Å². The standard InChI is InChI=1S/C21H19FN6OS/c22-17-5-2-1-4-16(17)20-25-26-21(28(20)15-7-8-15)30-13-3-6-18-24-19(27-29-18)14-9-11-23-12-10-14/h1-2,4-5,9-12,15H,3,6-8,13H2. The predicted molar refractivity (Wildman–Crippen MR) is 110 cm³/mol. The molecule has 0 spiro atoms. The first-order valence-electron chi connectivity index (χ1n) is 9.85. The normalized spacial score (nSPS) is 13.6. The zero-order valence-electron chi connectivity index (χ0n) is 16.1. The fraction of sp³-hybridized carbons (Fsp3) is 0.286. The maximum absolute atomic E-state index is 14.3. The lowest BCUT2D eigenvalue weighted by Crippen LogP contribution is -2.01. The molecule has 0 aliphatic heterocycles. The molecule has 5 rings (SSSR count). The van der Waals surface area contributed by atoms with E-state index in [9.17, 15) is 4.39 Å². The molecule has 0 unspecified atom stereocenters. The van der Waals surface area contributed by atoms with Crippen LogP contribution in [0.3, 0.4) is 0 Å². The molecular weight excluding hydrogens is 403 g/mol. The van der Waals surface area contributed by atoms with E-state index in [1.807, 2.05) is 18.2 Å². The number of thioether (sulfide) groups is 1. The van der Waals surface area contributed by atoms with E-state index in [0.29, 0.717) is 35.6 Å². The Hall–Kier alpha value is -3.07. The summed E-state index contributed by atoms with van der Waals surface area (Å²) in [5, 5.41) is 13.5. The van der Waals surface area contributed by atoms with Crippen LogP contribution in [-0.2, 0) is 6.42 Å². The van der Waals surface area contributed by atoms with Crippen LogP contribution in [0.25, 0.3) is 22.8 Å². The van der Waals surface area contributed by atoms with Crippen molar-refractivity contribution < 1.29 is 8.91 Å². The van der Waals surface area contributed by atoms with Crippen molar-refractivity contribution in [3.8, 4) is 22.8 Å². The molecule has 152 valence electrons. The zero-order chi connectivity index (χ0) is 20.3. The summed E-state index contributed by atoms with van der Waals surface area (Å²) < 4.78 is 21.7. The van der Waals surface area contributed by atoms with E-state index >= 15 is 0 Å². The Kier molecular flexibility index (Phi) is 5.27. The molecule has 1 fully saturated rings. The first-order valence-corrected chi connectivity index (χ1v) is 10.8. The molecule has 0 radical (unpaired) electrons. The summed E-state index contributed by atoms with van der Waals surface area (Å²) >= 11 is 1.63. The minimum atomic E-state index is -0.273. The number of hydrogen-bond donors (Lipinski definition) is 0. The fourth-order valence-corrected chi connectivity index (χ4v) is 4.17. The molecule has 4 aromatic rings. The fourth-order valence-electron chi connectivity index (χ4n) is 3.23. The molecule has 1 saturated carbocycles. The maximum Gasteiger partial charge on any atom is 0.226 e. The minimum absolute atomic E-state index is 0.273. The van der Waals surface area contributed by atoms with Crippen molar-refractivity contribution in [3.05, 3.63) is 60.5 Å². The average molecular weight is 422 g/mol. The van der Waals surface area contributed by atoms with Gasteiger partial charge in [-0.2, -0.15) is 4.98 Å². The van der Waals surface area contributed by atoms with E-state index in [1.54, 1.807) is 36.3 Å². The lowest BCUT2D eigenvalue weighted by atomic mass is 10.2. The SMILES string of the molecule is Fc1ccccc1-c1nnc(SCCCc2nc(-c3ccncc3)no2)n1C1CC1. The highest BCUT2D eigenvalue weighted by molar-refractivity contribution is 7.99. The van der Waals surface area contributed by atoms with Crippen LogP contribution in [-0.4, -0.2) is 35.6 Å². The van der Waals surface area contributed by atoms with Crippen molar-refractivity contribution in [2.24, 2.45) is 0 Å². The van der Waals surface area contributed by atoms with E-state index in [2.05, 4.69) is 29.9 Å². The third kappa shape index (κ3) is 3.97. The predicted octanol–water partition coefficient (Wildman–Crippen LogP) is 4.59. The first-order chi connectivity index (χ1) is 14.8. The van der Waals surface area contributed by atoms with E-state index in [-0.39, 0.29) is 5.82 Å². The van der Waals surface area contributed by atoms with Crippen molar-refractivity contribution in [3.63, 3.8) is 0 Å². The molecule has 30 heavy (non-hydrogen) atoms. The molecule has 9 heteroatoms. The van der Waals surface area contributed by atoms with E-state index < -0.39 is 0 Å². The third-order valence-corrected chi connectivity index (χ3v) is 5.89. The number of aryl methyl sites for hydroxylation is 1. The van der Waals surface area contributed by atoms with Crippen molar-refractivity contribution >= 4 is 11.8 Å². The smallest absolute Gasteiger partial charge is 0.226 e. The van der Waals surface area contributed by atoms with Crippen molar-refractivity contribution in [2.75, 3.05) is 5.75 Å². The van der Waals surface area contributed by atoms with Gasteiger partial charge in [0.25, 0.3) is 0 Å². The first kappa shape index (κ1) is 18.9. The van der Waals surface area contributed by atoms with Crippen LogP contribution in [0.15, 0.2) is 58.5 Å². The Morgan fingerprint density at radius 1 is 1.10 bits per heavy atom. The lowest BCUT2D eigenvalue weighted by molar-refractivity contribution is 0.378. The zero-order valence-corrected chi connectivity index (χ0v) is 16.9. The Morgan fingerprint density at radius 2 is 1.93 bits per heavy atom. The van der Waals surface area contributed by atoms with Crippen LogP contribution in [0.1, 0.15) is 31.2 Å². The molecule has 7 nitrogen and oxygen atoms in total.